The number of benzene rings is 2. The first-order valence-corrected chi connectivity index (χ1v) is 21.1. The molecule has 2 aromatic heterocycles. The van der Waals surface area contributed by atoms with E-state index in [9.17, 15) is 28.0 Å². The van der Waals surface area contributed by atoms with E-state index in [-0.39, 0.29) is 64.5 Å². The van der Waals surface area contributed by atoms with Gasteiger partial charge in [-0.05, 0) is 123 Å². The van der Waals surface area contributed by atoms with Crippen LogP contribution in [-0.2, 0) is 9.47 Å². The lowest BCUT2D eigenvalue weighted by molar-refractivity contribution is 0.0221. The summed E-state index contributed by atoms with van der Waals surface area (Å²) in [6, 6.07) is 9.04. The summed E-state index contributed by atoms with van der Waals surface area (Å²) in [7, 11) is 0. The molecule has 4 aliphatic heterocycles. The lowest BCUT2D eigenvalue weighted by atomic mass is 9.94. The van der Waals surface area contributed by atoms with Crippen LogP contribution in [0.2, 0.25) is 0 Å². The number of amides is 2. The molecule has 6 heterocycles. The molecule has 2 unspecified atom stereocenters. The van der Waals surface area contributed by atoms with E-state index in [2.05, 4.69) is 33.6 Å². The number of rotatable bonds is 5. The maximum absolute atomic E-state index is 13.5. The van der Waals surface area contributed by atoms with Gasteiger partial charge in [-0.2, -0.15) is 0 Å². The van der Waals surface area contributed by atoms with Gasteiger partial charge in [0.15, 0.2) is 0 Å². The molecule has 59 heavy (non-hydrogen) atoms. The molecule has 0 aliphatic carbocycles. The molecular formula is C43H60F2N8O6. The van der Waals surface area contributed by atoms with Crippen LogP contribution in [0.3, 0.4) is 0 Å². The molecule has 8 rings (SSSR count). The monoisotopic (exact) mass is 822 g/mol. The number of ether oxygens (including phenoxy) is 2. The highest BCUT2D eigenvalue weighted by Crippen LogP contribution is 2.36. The molecule has 0 radical (unpaired) electrons. The zero-order valence-corrected chi connectivity index (χ0v) is 35.5. The van der Waals surface area contributed by atoms with Crippen molar-refractivity contribution >= 4 is 34.3 Å². The van der Waals surface area contributed by atoms with Crippen molar-refractivity contribution in [2.45, 2.75) is 122 Å². The first-order valence-electron chi connectivity index (χ1n) is 21.1. The normalized spacial score (nSPS) is 24.0. The van der Waals surface area contributed by atoms with Crippen LogP contribution in [0.15, 0.2) is 46.0 Å². The summed E-state index contributed by atoms with van der Waals surface area (Å²) < 4.78 is 41.4. The van der Waals surface area contributed by atoms with E-state index in [1.807, 2.05) is 34.6 Å². The van der Waals surface area contributed by atoms with Crippen molar-refractivity contribution in [1.29, 1.82) is 0 Å². The van der Waals surface area contributed by atoms with Gasteiger partial charge in [0.2, 0.25) is 0 Å². The first kappa shape index (κ1) is 42.4. The number of fused-ring (bicyclic) bond motifs is 2. The Morgan fingerprint density at radius 3 is 1.49 bits per heavy atom. The molecule has 0 bridgehead atoms. The van der Waals surface area contributed by atoms with Gasteiger partial charge in [-0.15, -0.1) is 0 Å². The van der Waals surface area contributed by atoms with Crippen LogP contribution in [0.5, 0.6) is 0 Å². The molecule has 2 N–H and O–H groups in total. The molecular weight excluding hydrogens is 763 g/mol. The van der Waals surface area contributed by atoms with Crippen molar-refractivity contribution in [3.63, 3.8) is 0 Å². The average Bonchev–Trinajstić information content (AvgIpc) is 3.93. The van der Waals surface area contributed by atoms with Crippen molar-refractivity contribution in [3.05, 3.63) is 69.0 Å². The number of imidazole rings is 2. The van der Waals surface area contributed by atoms with Gasteiger partial charge in [-0.25, -0.2) is 28.0 Å². The molecule has 4 aliphatic rings. The Morgan fingerprint density at radius 2 is 1.10 bits per heavy atom. The average molecular weight is 823 g/mol. The zero-order chi connectivity index (χ0) is 42.4. The number of piperidine rings is 2. The Hall–Kier alpha value is -4.70. The lowest BCUT2D eigenvalue weighted by Gasteiger charge is -2.43. The SMILES string of the molecule is CC(C)(C)OC(=O)N1CCC(C)(N2CCC(n3c(=O)[nH]c4cc(F)ccc43)CC2)C1.CC(C)OC(=O)N1CCC(C)(N2CCC(n3c(=O)[nH]c4cc(F)ccc43)CC2)C1. The highest BCUT2D eigenvalue weighted by molar-refractivity contribution is 5.76. The number of nitrogens with zero attached hydrogens (tertiary/aromatic N) is 6. The number of carbonyl (C=O) groups is 2. The fourth-order valence-corrected chi connectivity index (χ4v) is 9.58. The predicted octanol–water partition coefficient (Wildman–Crippen LogP) is 6.62. The van der Waals surface area contributed by atoms with Crippen LogP contribution in [-0.4, -0.2) is 126 Å². The van der Waals surface area contributed by atoms with Gasteiger partial charge in [0.05, 0.1) is 28.2 Å². The van der Waals surface area contributed by atoms with Crippen LogP contribution in [0, 0.1) is 11.6 Å². The van der Waals surface area contributed by atoms with Crippen molar-refractivity contribution in [2.75, 3.05) is 52.4 Å². The molecule has 4 fully saturated rings. The minimum Gasteiger partial charge on any atom is -0.447 e. The number of likely N-dealkylation sites (tertiary alicyclic amines) is 4. The predicted molar refractivity (Wildman–Crippen MR) is 222 cm³/mol. The second-order valence-corrected chi connectivity index (χ2v) is 18.6. The Morgan fingerprint density at radius 1 is 0.695 bits per heavy atom. The molecule has 2 amide bonds. The molecule has 4 aromatic rings. The highest BCUT2D eigenvalue weighted by atomic mass is 19.1. The molecule has 322 valence electrons. The summed E-state index contributed by atoms with van der Waals surface area (Å²) in [4.78, 5) is 63.7. The smallest absolute Gasteiger partial charge is 0.410 e. The Balaban J connectivity index is 0.000000179. The minimum absolute atomic E-state index is 0.0741. The number of carbonyl (C=O) groups excluding carboxylic acids is 2. The second kappa shape index (κ2) is 16.4. The quantitative estimate of drug-likeness (QED) is 0.229. The summed E-state index contributed by atoms with van der Waals surface area (Å²) in [6.07, 6.45) is 4.58. The topological polar surface area (TPSA) is 141 Å². The molecule has 2 atom stereocenters. The fraction of sp³-hybridized carbons (Fsp3) is 0.628. The van der Waals surface area contributed by atoms with Crippen LogP contribution >= 0.6 is 0 Å². The maximum Gasteiger partial charge on any atom is 0.410 e. The zero-order valence-electron chi connectivity index (χ0n) is 35.5. The number of aromatic nitrogens is 4. The molecule has 0 saturated carbocycles. The van der Waals surface area contributed by atoms with Gasteiger partial charge in [-0.3, -0.25) is 18.9 Å². The maximum atomic E-state index is 13.5. The standard InChI is InChI=1S/C22H31FN4O3.C21H29FN4O3/c1-21(2,3)30-20(29)25-12-9-22(4,14-25)26-10-7-16(8-11-26)27-18-6-5-15(23)13-17(18)24-19(27)28;1-14(2)29-20(28)24-11-8-21(3,13-24)25-9-6-16(7-10-25)26-18-5-4-15(22)12-17(18)23-19(26)27/h5-6,13,16H,7-12,14H2,1-4H3,(H,24,28);4-5,12,14,16H,6-11,13H2,1-3H3,(H,23,27). The number of nitrogens with one attached hydrogen (secondary N) is 2. The Bertz CT molecular complexity index is 2280. The minimum atomic E-state index is -0.496. The summed E-state index contributed by atoms with van der Waals surface area (Å²) in [6.45, 7) is 19.9. The van der Waals surface area contributed by atoms with Gasteiger partial charge in [0.25, 0.3) is 0 Å². The van der Waals surface area contributed by atoms with Crippen molar-refractivity contribution < 1.29 is 27.8 Å². The summed E-state index contributed by atoms with van der Waals surface area (Å²) in [5.74, 6) is -0.704. The third kappa shape index (κ3) is 9.08. The van der Waals surface area contributed by atoms with Gasteiger partial charge in [-0.1, -0.05) is 0 Å². The Kier molecular flexibility index (Phi) is 11.8. The number of hydrogen-bond donors (Lipinski definition) is 2. The van der Waals surface area contributed by atoms with Crippen molar-refractivity contribution in [1.82, 2.24) is 38.7 Å². The van der Waals surface area contributed by atoms with Crippen molar-refractivity contribution in [2.24, 2.45) is 0 Å². The van der Waals surface area contributed by atoms with Gasteiger partial charge < -0.3 is 29.2 Å². The molecule has 0 spiro atoms. The Labute approximate surface area is 343 Å². The van der Waals surface area contributed by atoms with Crippen LogP contribution < -0.4 is 11.4 Å². The lowest BCUT2D eigenvalue weighted by Crippen LogP contribution is -2.52. The van der Waals surface area contributed by atoms with E-state index in [1.165, 1.54) is 24.3 Å². The van der Waals surface area contributed by atoms with E-state index in [0.29, 0.717) is 37.2 Å². The highest BCUT2D eigenvalue weighted by Gasteiger charge is 2.44. The molecule has 2 aromatic carbocycles. The molecule has 16 heteroatoms. The second-order valence-electron chi connectivity index (χ2n) is 18.6. The number of aromatic amines is 2. The summed E-state index contributed by atoms with van der Waals surface area (Å²) >= 11 is 0. The van der Waals surface area contributed by atoms with E-state index in [0.717, 1.165) is 75.7 Å². The van der Waals surface area contributed by atoms with E-state index in [4.69, 9.17) is 9.47 Å². The van der Waals surface area contributed by atoms with Crippen molar-refractivity contribution in [3.8, 4) is 0 Å². The fourth-order valence-electron chi connectivity index (χ4n) is 9.58. The van der Waals surface area contributed by atoms with Crippen LogP contribution in [0.25, 0.3) is 22.1 Å². The summed E-state index contributed by atoms with van der Waals surface area (Å²) in [5, 5.41) is 0. The molecule has 4 saturated heterocycles. The van der Waals surface area contributed by atoms with E-state index < -0.39 is 5.60 Å². The largest absolute Gasteiger partial charge is 0.447 e. The summed E-state index contributed by atoms with van der Waals surface area (Å²) in [5.41, 5.74) is 1.57. The number of hydrogen-bond acceptors (Lipinski definition) is 8. The molecule has 14 nitrogen and oxygen atoms in total. The van der Waals surface area contributed by atoms with Crippen LogP contribution in [0.1, 0.15) is 99.1 Å². The number of halogens is 2. The van der Waals surface area contributed by atoms with Crippen LogP contribution in [0.4, 0.5) is 18.4 Å². The van der Waals surface area contributed by atoms with Gasteiger partial charge in [0, 0.05) is 75.5 Å². The van der Waals surface area contributed by atoms with E-state index in [1.54, 1.807) is 31.1 Å². The third-order valence-electron chi connectivity index (χ3n) is 12.7. The van der Waals surface area contributed by atoms with E-state index >= 15 is 0 Å². The first-order chi connectivity index (χ1) is 27.8. The number of H-pyrrole nitrogens is 2. The third-order valence-corrected chi connectivity index (χ3v) is 12.7. The van der Waals surface area contributed by atoms with Gasteiger partial charge in [0.1, 0.15) is 17.2 Å². The van der Waals surface area contributed by atoms with Gasteiger partial charge >= 0.3 is 23.6 Å².